The summed E-state index contributed by atoms with van der Waals surface area (Å²) in [5, 5.41) is 32.3. The Bertz CT molecular complexity index is 458. The summed E-state index contributed by atoms with van der Waals surface area (Å²) < 4.78 is 0. The highest BCUT2D eigenvalue weighted by molar-refractivity contribution is 4.96. The first-order valence-electron chi connectivity index (χ1n) is 12.1. The van der Waals surface area contributed by atoms with Gasteiger partial charge in [0.15, 0.2) is 0 Å². The summed E-state index contributed by atoms with van der Waals surface area (Å²) in [6, 6.07) is 0. The molecule has 5 atom stereocenters. The second-order valence-electron chi connectivity index (χ2n) is 10.7. The Morgan fingerprint density at radius 1 is 0.571 bits per heavy atom. The summed E-state index contributed by atoms with van der Waals surface area (Å²) in [6.07, 6.45) is 12.9. The molecule has 0 spiro atoms. The van der Waals surface area contributed by atoms with Crippen LogP contribution >= 0.6 is 0 Å². The predicted molar refractivity (Wildman–Crippen MR) is 112 cm³/mol. The quantitative estimate of drug-likeness (QED) is 0.510. The Labute approximate surface area is 171 Å². The molecular formula is C23H43N3O2. The van der Waals surface area contributed by atoms with Crippen LogP contribution in [0.25, 0.3) is 0 Å². The van der Waals surface area contributed by atoms with Crippen molar-refractivity contribution in [1.82, 2.24) is 16.0 Å². The molecule has 1 heterocycles. The smallest absolute Gasteiger partial charge is 0.0649 e. The Balaban J connectivity index is 1.46. The molecule has 4 aliphatic rings. The van der Waals surface area contributed by atoms with Crippen molar-refractivity contribution in [2.24, 2.45) is 29.6 Å². The standard InChI is InChI=1S/C23H43N3O2/c1-14-3-7-16(8-4-14)21-24-22(17-9-5-15(2)6-10-17)26-23(25-21)19-12-11-18(27)13-20(19)28/h14-28H,3-13H2,1-2H3. The number of hydrogen-bond acceptors (Lipinski definition) is 5. The fourth-order valence-corrected chi connectivity index (χ4v) is 6.29. The van der Waals surface area contributed by atoms with Crippen molar-refractivity contribution in [3.63, 3.8) is 0 Å². The van der Waals surface area contributed by atoms with Crippen LogP contribution in [0, 0.1) is 29.6 Å². The van der Waals surface area contributed by atoms with E-state index in [2.05, 4.69) is 29.8 Å². The van der Waals surface area contributed by atoms with Crippen LogP contribution in [0.15, 0.2) is 0 Å². The van der Waals surface area contributed by atoms with Gasteiger partial charge >= 0.3 is 0 Å². The molecule has 1 aliphatic heterocycles. The summed E-state index contributed by atoms with van der Waals surface area (Å²) in [4.78, 5) is 0. The van der Waals surface area contributed by atoms with Gasteiger partial charge in [-0.25, -0.2) is 0 Å². The van der Waals surface area contributed by atoms with Crippen LogP contribution in [0.2, 0.25) is 0 Å². The van der Waals surface area contributed by atoms with E-state index in [0.717, 1.165) is 24.7 Å². The van der Waals surface area contributed by atoms with E-state index in [1.54, 1.807) is 0 Å². The van der Waals surface area contributed by atoms with Crippen LogP contribution in [0.4, 0.5) is 0 Å². The third kappa shape index (κ3) is 4.92. The van der Waals surface area contributed by atoms with E-state index in [1.165, 1.54) is 51.4 Å². The lowest BCUT2D eigenvalue weighted by molar-refractivity contribution is -0.0373. The van der Waals surface area contributed by atoms with Crippen LogP contribution in [0.3, 0.4) is 0 Å². The minimum atomic E-state index is -0.411. The Morgan fingerprint density at radius 3 is 1.50 bits per heavy atom. The Hall–Kier alpha value is -0.200. The van der Waals surface area contributed by atoms with Gasteiger partial charge in [0.1, 0.15) is 0 Å². The maximum absolute atomic E-state index is 10.7. The molecule has 162 valence electrons. The minimum Gasteiger partial charge on any atom is -0.393 e. The van der Waals surface area contributed by atoms with Gasteiger partial charge in [-0.1, -0.05) is 39.5 Å². The van der Waals surface area contributed by atoms with Crippen molar-refractivity contribution in [1.29, 1.82) is 0 Å². The highest BCUT2D eigenvalue weighted by Gasteiger charge is 2.42. The average molecular weight is 394 g/mol. The van der Waals surface area contributed by atoms with Crippen molar-refractivity contribution in [3.8, 4) is 0 Å². The summed E-state index contributed by atoms with van der Waals surface area (Å²) >= 11 is 0. The molecule has 5 heteroatoms. The van der Waals surface area contributed by atoms with Gasteiger partial charge in [-0.05, 0) is 68.6 Å². The number of rotatable bonds is 3. The molecule has 4 rings (SSSR count). The zero-order valence-corrected chi connectivity index (χ0v) is 17.9. The molecular weight excluding hydrogens is 350 g/mol. The average Bonchev–Trinajstić information content (AvgIpc) is 2.69. The minimum absolute atomic E-state index is 0.150. The normalized spacial score (nSPS) is 51.0. The Kier molecular flexibility index (Phi) is 6.99. The van der Waals surface area contributed by atoms with E-state index in [4.69, 9.17) is 0 Å². The predicted octanol–water partition coefficient (Wildman–Crippen LogP) is 2.92. The number of aliphatic hydroxyl groups excluding tert-OH is 2. The van der Waals surface area contributed by atoms with E-state index in [1.807, 2.05) is 0 Å². The fourth-order valence-electron chi connectivity index (χ4n) is 6.29. The van der Waals surface area contributed by atoms with Gasteiger partial charge in [-0.2, -0.15) is 0 Å². The van der Waals surface area contributed by atoms with Crippen LogP contribution in [0.1, 0.15) is 84.5 Å². The van der Waals surface area contributed by atoms with Crippen LogP contribution in [0.5, 0.6) is 0 Å². The SMILES string of the molecule is CC1CCC(C2NC(C3CCC(C)CC3)NC(C3CCC(O)CC3O)N2)CC1. The van der Waals surface area contributed by atoms with Gasteiger partial charge in [0.05, 0.1) is 30.7 Å². The van der Waals surface area contributed by atoms with E-state index in [9.17, 15) is 10.2 Å². The molecule has 0 aromatic heterocycles. The molecule has 5 N–H and O–H groups in total. The molecule has 1 saturated heterocycles. The van der Waals surface area contributed by atoms with Gasteiger partial charge in [0.2, 0.25) is 0 Å². The van der Waals surface area contributed by atoms with E-state index in [-0.39, 0.29) is 18.2 Å². The molecule has 0 radical (unpaired) electrons. The van der Waals surface area contributed by atoms with Gasteiger partial charge < -0.3 is 10.2 Å². The van der Waals surface area contributed by atoms with Crippen LogP contribution in [-0.2, 0) is 0 Å². The zero-order valence-electron chi connectivity index (χ0n) is 17.9. The largest absolute Gasteiger partial charge is 0.393 e. The summed E-state index contributed by atoms with van der Waals surface area (Å²) in [5.41, 5.74) is 0. The maximum atomic E-state index is 10.7. The van der Waals surface area contributed by atoms with E-state index < -0.39 is 6.10 Å². The summed E-state index contributed by atoms with van der Waals surface area (Å²) in [6.45, 7) is 4.77. The second-order valence-corrected chi connectivity index (χ2v) is 10.7. The van der Waals surface area contributed by atoms with Gasteiger partial charge in [-0.15, -0.1) is 0 Å². The lowest BCUT2D eigenvalue weighted by Crippen LogP contribution is -2.73. The molecule has 4 fully saturated rings. The van der Waals surface area contributed by atoms with Crippen molar-refractivity contribution < 1.29 is 10.2 Å². The monoisotopic (exact) mass is 393 g/mol. The fraction of sp³-hybridized carbons (Fsp3) is 1.00. The summed E-state index contributed by atoms with van der Waals surface area (Å²) in [5.74, 6) is 3.31. The molecule has 0 bridgehead atoms. The number of hydrogen-bond donors (Lipinski definition) is 5. The number of nitrogens with one attached hydrogen (secondary N) is 3. The second kappa shape index (κ2) is 9.30. The summed E-state index contributed by atoms with van der Waals surface area (Å²) in [7, 11) is 0. The third-order valence-electron chi connectivity index (χ3n) is 8.41. The third-order valence-corrected chi connectivity index (χ3v) is 8.41. The maximum Gasteiger partial charge on any atom is 0.0649 e. The molecule has 0 aromatic carbocycles. The first-order chi connectivity index (χ1) is 13.5. The molecule has 3 aliphatic carbocycles. The molecule has 28 heavy (non-hydrogen) atoms. The molecule has 3 saturated carbocycles. The molecule has 0 amide bonds. The lowest BCUT2D eigenvalue weighted by atomic mass is 9.77. The van der Waals surface area contributed by atoms with E-state index in [0.29, 0.717) is 30.6 Å². The van der Waals surface area contributed by atoms with Crippen molar-refractivity contribution >= 4 is 0 Å². The first-order valence-corrected chi connectivity index (χ1v) is 12.1. The van der Waals surface area contributed by atoms with E-state index >= 15 is 0 Å². The van der Waals surface area contributed by atoms with Crippen molar-refractivity contribution in [2.45, 2.75) is 115 Å². The van der Waals surface area contributed by atoms with Gasteiger partial charge in [0, 0.05) is 5.92 Å². The highest BCUT2D eigenvalue weighted by Crippen LogP contribution is 2.35. The van der Waals surface area contributed by atoms with Gasteiger partial charge in [-0.3, -0.25) is 16.0 Å². The number of aliphatic hydroxyl groups is 2. The van der Waals surface area contributed by atoms with Gasteiger partial charge in [0.25, 0.3) is 0 Å². The topological polar surface area (TPSA) is 76.5 Å². The lowest BCUT2D eigenvalue weighted by Gasteiger charge is -2.50. The molecule has 5 unspecified atom stereocenters. The van der Waals surface area contributed by atoms with Crippen molar-refractivity contribution in [3.05, 3.63) is 0 Å². The van der Waals surface area contributed by atoms with Crippen molar-refractivity contribution in [2.75, 3.05) is 0 Å². The molecule has 5 nitrogen and oxygen atoms in total. The van der Waals surface area contributed by atoms with Crippen LogP contribution in [-0.4, -0.2) is 40.9 Å². The van der Waals surface area contributed by atoms with Crippen LogP contribution < -0.4 is 16.0 Å². The Morgan fingerprint density at radius 2 is 1.04 bits per heavy atom. The zero-order chi connectivity index (χ0) is 19.7. The molecule has 0 aromatic rings. The first kappa shape index (κ1) is 21.0. The highest BCUT2D eigenvalue weighted by atomic mass is 16.3.